The van der Waals surface area contributed by atoms with Crippen LogP contribution in [-0.4, -0.2) is 52.6 Å². The lowest BCUT2D eigenvalue weighted by atomic mass is 9.94. The molecule has 1 saturated carbocycles. The van der Waals surface area contributed by atoms with Crippen molar-refractivity contribution in [2.24, 2.45) is 5.92 Å². The van der Waals surface area contributed by atoms with Crippen molar-refractivity contribution in [1.29, 1.82) is 0 Å². The van der Waals surface area contributed by atoms with Gasteiger partial charge in [0.1, 0.15) is 15.4 Å². The summed E-state index contributed by atoms with van der Waals surface area (Å²) >= 11 is 7.94. The maximum absolute atomic E-state index is 12.7. The van der Waals surface area contributed by atoms with Crippen LogP contribution in [0, 0.1) is 12.8 Å². The molecule has 0 unspecified atom stereocenters. The van der Waals surface area contributed by atoms with Crippen LogP contribution in [0.5, 0.6) is 5.88 Å². The molecular formula is C24H29ClN6O2S. The Morgan fingerprint density at radius 1 is 1.21 bits per heavy atom. The monoisotopic (exact) mass is 500 g/mol. The number of nitrogens with zero attached hydrogens (tertiary/aromatic N) is 4. The fourth-order valence-corrected chi connectivity index (χ4v) is 5.44. The van der Waals surface area contributed by atoms with Gasteiger partial charge < -0.3 is 20.3 Å². The predicted octanol–water partition coefficient (Wildman–Crippen LogP) is 5.68. The summed E-state index contributed by atoms with van der Waals surface area (Å²) < 4.78 is 5.81. The van der Waals surface area contributed by atoms with Crippen LogP contribution in [0.25, 0.3) is 10.3 Å². The number of amides is 2. The SMILES string of the molecule is Cc1nc2c(C3CC3)c(NC(=O)Nc3cnc(OCCC4CCN(C)CC4)c(Cl)c3)cnc2s1. The summed E-state index contributed by atoms with van der Waals surface area (Å²) in [4.78, 5) is 29.4. The molecule has 8 nitrogen and oxygen atoms in total. The number of likely N-dealkylation sites (tertiary alicyclic amines) is 1. The Kier molecular flexibility index (Phi) is 6.85. The van der Waals surface area contributed by atoms with E-state index >= 15 is 0 Å². The molecule has 0 aromatic carbocycles. The Morgan fingerprint density at radius 2 is 2.00 bits per heavy atom. The van der Waals surface area contributed by atoms with Crippen LogP contribution < -0.4 is 15.4 Å². The first kappa shape index (κ1) is 23.3. The molecule has 2 fully saturated rings. The number of carbonyl (C=O) groups excluding carboxylic acids is 1. The Bertz CT molecular complexity index is 1190. The molecule has 4 heterocycles. The molecule has 3 aromatic rings. The summed E-state index contributed by atoms with van der Waals surface area (Å²) in [5, 5.41) is 7.09. The van der Waals surface area contributed by atoms with Gasteiger partial charge in [-0.25, -0.2) is 19.7 Å². The van der Waals surface area contributed by atoms with Crippen LogP contribution in [0.4, 0.5) is 16.2 Å². The average Bonchev–Trinajstić information content (AvgIpc) is 3.56. The van der Waals surface area contributed by atoms with E-state index in [0.717, 1.165) is 53.3 Å². The van der Waals surface area contributed by atoms with E-state index < -0.39 is 0 Å². The van der Waals surface area contributed by atoms with E-state index in [9.17, 15) is 4.79 Å². The van der Waals surface area contributed by atoms with Gasteiger partial charge in [0.25, 0.3) is 0 Å². The second-order valence-corrected chi connectivity index (χ2v) is 10.8. The van der Waals surface area contributed by atoms with Crippen molar-refractivity contribution >= 4 is 50.7 Å². The fraction of sp³-hybridized carbons (Fsp3) is 0.500. The van der Waals surface area contributed by atoms with Crippen molar-refractivity contribution in [2.75, 3.05) is 37.4 Å². The maximum Gasteiger partial charge on any atom is 0.323 e. The number of thiazole rings is 1. The molecule has 2 aliphatic rings. The molecule has 0 atom stereocenters. The van der Waals surface area contributed by atoms with Gasteiger partial charge in [-0.3, -0.25) is 0 Å². The van der Waals surface area contributed by atoms with Gasteiger partial charge in [0.15, 0.2) is 0 Å². The third-order valence-electron chi connectivity index (χ3n) is 6.47. The molecule has 34 heavy (non-hydrogen) atoms. The Hall–Kier alpha value is -2.49. The molecule has 3 aromatic heterocycles. The van der Waals surface area contributed by atoms with E-state index in [2.05, 4.69) is 37.5 Å². The van der Waals surface area contributed by atoms with E-state index in [4.69, 9.17) is 16.3 Å². The number of hydrogen-bond donors (Lipinski definition) is 2. The molecule has 180 valence electrons. The number of aromatic nitrogens is 3. The number of pyridine rings is 2. The number of ether oxygens (including phenoxy) is 1. The van der Waals surface area contributed by atoms with Gasteiger partial charge in [0.05, 0.1) is 35.4 Å². The highest BCUT2D eigenvalue weighted by Crippen LogP contribution is 2.46. The largest absolute Gasteiger partial charge is 0.477 e. The number of hydrogen-bond acceptors (Lipinski definition) is 7. The molecule has 1 aliphatic heterocycles. The molecule has 0 radical (unpaired) electrons. The smallest absolute Gasteiger partial charge is 0.323 e. The fourth-order valence-electron chi connectivity index (χ4n) is 4.44. The lowest BCUT2D eigenvalue weighted by Crippen LogP contribution is -2.30. The third kappa shape index (κ3) is 5.42. The molecular weight excluding hydrogens is 472 g/mol. The van der Waals surface area contributed by atoms with Crippen LogP contribution in [-0.2, 0) is 0 Å². The number of aryl methyl sites for hydroxylation is 1. The third-order valence-corrected chi connectivity index (χ3v) is 7.62. The van der Waals surface area contributed by atoms with Gasteiger partial charge in [0, 0.05) is 5.56 Å². The van der Waals surface area contributed by atoms with E-state index in [-0.39, 0.29) is 6.03 Å². The number of nitrogens with one attached hydrogen (secondary N) is 2. The van der Waals surface area contributed by atoms with Crippen LogP contribution in [0.2, 0.25) is 5.02 Å². The first-order valence-corrected chi connectivity index (χ1v) is 13.0. The minimum Gasteiger partial charge on any atom is -0.477 e. The first-order chi connectivity index (χ1) is 16.5. The van der Waals surface area contributed by atoms with Gasteiger partial charge in [-0.15, -0.1) is 0 Å². The van der Waals surface area contributed by atoms with E-state index in [1.54, 1.807) is 29.8 Å². The van der Waals surface area contributed by atoms with Gasteiger partial charge >= 0.3 is 6.03 Å². The summed E-state index contributed by atoms with van der Waals surface area (Å²) in [5.74, 6) is 1.50. The normalized spacial score (nSPS) is 17.1. The van der Waals surface area contributed by atoms with Gasteiger partial charge in [-0.05, 0) is 77.1 Å². The van der Waals surface area contributed by atoms with Crippen molar-refractivity contribution in [3.8, 4) is 5.88 Å². The van der Waals surface area contributed by atoms with Crippen LogP contribution in [0.3, 0.4) is 0 Å². The van der Waals surface area contributed by atoms with E-state index in [0.29, 0.717) is 40.7 Å². The van der Waals surface area contributed by atoms with Crippen molar-refractivity contribution < 1.29 is 9.53 Å². The Balaban J connectivity index is 1.18. The van der Waals surface area contributed by atoms with Crippen molar-refractivity contribution in [1.82, 2.24) is 19.9 Å². The minimum atomic E-state index is -0.371. The van der Waals surface area contributed by atoms with Crippen molar-refractivity contribution in [2.45, 2.75) is 44.9 Å². The molecule has 1 saturated heterocycles. The summed E-state index contributed by atoms with van der Waals surface area (Å²) in [7, 11) is 2.16. The van der Waals surface area contributed by atoms with Gasteiger partial charge in [-0.2, -0.15) is 0 Å². The highest BCUT2D eigenvalue weighted by molar-refractivity contribution is 7.18. The van der Waals surface area contributed by atoms with Crippen molar-refractivity contribution in [3.63, 3.8) is 0 Å². The zero-order valence-corrected chi connectivity index (χ0v) is 21.0. The number of urea groups is 1. The Morgan fingerprint density at radius 3 is 2.74 bits per heavy atom. The average molecular weight is 501 g/mol. The highest BCUT2D eigenvalue weighted by atomic mass is 35.5. The Labute approximate surface area is 208 Å². The maximum atomic E-state index is 12.7. The zero-order valence-electron chi connectivity index (χ0n) is 19.4. The lowest BCUT2D eigenvalue weighted by Gasteiger charge is -2.28. The number of rotatable bonds is 7. The minimum absolute atomic E-state index is 0.371. The van der Waals surface area contributed by atoms with E-state index in [1.165, 1.54) is 12.8 Å². The van der Waals surface area contributed by atoms with Crippen LogP contribution >= 0.6 is 22.9 Å². The zero-order chi connectivity index (χ0) is 23.7. The first-order valence-electron chi connectivity index (χ1n) is 11.8. The lowest BCUT2D eigenvalue weighted by molar-refractivity contribution is 0.185. The van der Waals surface area contributed by atoms with Crippen LogP contribution in [0.15, 0.2) is 18.5 Å². The summed E-state index contributed by atoms with van der Waals surface area (Å²) in [6, 6.07) is 1.29. The summed E-state index contributed by atoms with van der Waals surface area (Å²) in [5.41, 5.74) is 3.17. The molecule has 1 aliphatic carbocycles. The quantitative estimate of drug-likeness (QED) is 0.433. The molecule has 0 bridgehead atoms. The number of piperidine rings is 1. The number of carbonyl (C=O) groups is 1. The summed E-state index contributed by atoms with van der Waals surface area (Å²) in [6.07, 6.45) is 8.88. The number of fused-ring (bicyclic) bond motifs is 1. The molecule has 10 heteroatoms. The summed E-state index contributed by atoms with van der Waals surface area (Å²) in [6.45, 7) is 4.84. The molecule has 0 spiro atoms. The second-order valence-electron chi connectivity index (χ2n) is 9.22. The highest BCUT2D eigenvalue weighted by Gasteiger charge is 2.30. The standard InChI is InChI=1S/C24H29ClN6O2S/c1-14-28-21-20(16-3-4-16)19(13-27-23(21)34-14)30-24(32)29-17-11-18(25)22(26-12-17)33-10-7-15-5-8-31(2)9-6-15/h11-13,15-16H,3-10H2,1-2H3,(H2,29,30,32). The van der Waals surface area contributed by atoms with Gasteiger partial charge in [-0.1, -0.05) is 22.9 Å². The van der Waals surface area contributed by atoms with Gasteiger partial charge in [0.2, 0.25) is 5.88 Å². The number of halogens is 1. The van der Waals surface area contributed by atoms with E-state index in [1.807, 2.05) is 6.92 Å². The second kappa shape index (κ2) is 10.0. The predicted molar refractivity (Wildman–Crippen MR) is 136 cm³/mol. The molecule has 2 amide bonds. The van der Waals surface area contributed by atoms with Crippen molar-refractivity contribution in [3.05, 3.63) is 34.1 Å². The molecule has 2 N–H and O–H groups in total. The topological polar surface area (TPSA) is 92.3 Å². The number of anilines is 2. The van der Waals surface area contributed by atoms with Crippen LogP contribution in [0.1, 0.15) is 48.6 Å². The molecule has 5 rings (SSSR count).